The van der Waals surface area contributed by atoms with Crippen molar-refractivity contribution in [1.29, 1.82) is 0 Å². The molecule has 10 aromatic rings. The second-order valence-electron chi connectivity index (χ2n) is 29.1. The van der Waals surface area contributed by atoms with Crippen LogP contribution in [0, 0.1) is 0 Å². The van der Waals surface area contributed by atoms with Gasteiger partial charge in [0.2, 0.25) is 0 Å². The topological polar surface area (TPSA) is 59.8 Å². The van der Waals surface area contributed by atoms with E-state index in [0.717, 1.165) is 127 Å². The second-order valence-corrected chi connectivity index (χ2v) is 29.1. The van der Waals surface area contributed by atoms with Gasteiger partial charge in [0.25, 0.3) is 6.71 Å². The van der Waals surface area contributed by atoms with Crippen molar-refractivity contribution in [3.05, 3.63) is 192 Å². The van der Waals surface area contributed by atoms with E-state index in [1.807, 2.05) is 12.1 Å². The summed E-state index contributed by atoms with van der Waals surface area (Å²) in [5, 5.41) is 3.36. The van der Waals surface area contributed by atoms with Crippen molar-refractivity contribution in [3.8, 4) is 34.3 Å². The number of para-hydroxylation sites is 1. The molecule has 0 saturated heterocycles. The van der Waals surface area contributed by atoms with Crippen LogP contribution in [0.4, 0.5) is 51.2 Å². The van der Waals surface area contributed by atoms with Crippen molar-refractivity contribution in [2.75, 3.05) is 41.1 Å². The molecule has 87 heavy (non-hydrogen) atoms. The molecule has 0 radical (unpaired) electrons. The van der Waals surface area contributed by atoms with Crippen LogP contribution in [0.3, 0.4) is 0 Å². The van der Waals surface area contributed by atoms with Gasteiger partial charge in [-0.1, -0.05) is 137 Å². The Bertz CT molecular complexity index is 4470. The molecule has 0 spiro atoms. The normalized spacial score (nSPS) is 17.9. The lowest BCUT2D eigenvalue weighted by Gasteiger charge is -2.48. The standard InChI is InChI=1S/C78H76BN3O5/c1-74(2,3)51-19-22-52(23-20-51)80(53-21-18-47-36-50(17-16-48(47)37-53)69-38-49-14-12-13-15-67(49)87-69)56-40-65-73-66(41-56)82(55-25-27-68-70(42-55)84-33-32-83-68)64-46-72-71(85-34-35-86-72)45-62(64)79(73)61-43-59-60(78(10,11)31-30-77(59,8)9)44-63(61)81(65)54-24-26-57-58(39-54)76(6,7)29-28-75(57,4)5/h12-27,36-46H,28-35H2,1-11H3. The maximum atomic E-state index is 6.60. The maximum absolute atomic E-state index is 6.60. The lowest BCUT2D eigenvalue weighted by Crippen LogP contribution is -2.62. The first kappa shape index (κ1) is 53.9. The van der Waals surface area contributed by atoms with Crippen LogP contribution in [0.25, 0.3) is 33.1 Å². The van der Waals surface area contributed by atoms with Crippen molar-refractivity contribution in [1.82, 2.24) is 0 Å². The highest BCUT2D eigenvalue weighted by Crippen LogP contribution is 2.55. The molecule has 5 heterocycles. The first-order valence-electron chi connectivity index (χ1n) is 31.6. The second kappa shape index (κ2) is 19.0. The number of fused-ring (bicyclic) bond motifs is 10. The molecule has 6 aliphatic rings. The Labute approximate surface area is 512 Å². The third-order valence-electron chi connectivity index (χ3n) is 20.6. The minimum Gasteiger partial charge on any atom is -0.486 e. The van der Waals surface area contributed by atoms with Crippen LogP contribution in [0.2, 0.25) is 0 Å². The minimum absolute atomic E-state index is 0.0285. The third kappa shape index (κ3) is 8.60. The maximum Gasteiger partial charge on any atom is 0.252 e. The van der Waals surface area contributed by atoms with Crippen LogP contribution >= 0.6 is 0 Å². The fourth-order valence-electron chi connectivity index (χ4n) is 15.4. The Kier molecular flexibility index (Phi) is 11.8. The molecule has 0 atom stereocenters. The van der Waals surface area contributed by atoms with Gasteiger partial charge in [-0.3, -0.25) is 0 Å². The Hall–Kier alpha value is -8.56. The lowest BCUT2D eigenvalue weighted by molar-refractivity contribution is 0.171. The Morgan fingerprint density at radius 3 is 1.63 bits per heavy atom. The molecule has 9 heteroatoms. The van der Waals surface area contributed by atoms with Gasteiger partial charge in [0, 0.05) is 62.9 Å². The minimum atomic E-state index is -0.185. The van der Waals surface area contributed by atoms with Crippen LogP contribution in [-0.4, -0.2) is 33.1 Å². The molecule has 4 aliphatic heterocycles. The van der Waals surface area contributed by atoms with E-state index in [1.54, 1.807) is 0 Å². The van der Waals surface area contributed by atoms with E-state index in [-0.39, 0.29) is 33.8 Å². The molecule has 16 rings (SSSR count). The van der Waals surface area contributed by atoms with Gasteiger partial charge < -0.3 is 38.1 Å². The molecular weight excluding hydrogens is 1070 g/mol. The SMILES string of the molecule is CC(C)(C)c1ccc(N(c2cc3c4c(c2)N(c2ccc5c(c2)C(C)(C)CCC5(C)C)c2cc5c(cc2B4c2cc4c(cc2N3c2ccc3c(c2)OCCO3)OCCO4)C(C)(C)CCC5(C)C)c2ccc3cc(-c4cc5ccccc5o4)ccc3c2)cc1. The fourth-order valence-corrected chi connectivity index (χ4v) is 15.4. The van der Waals surface area contributed by atoms with Gasteiger partial charge in [0.05, 0.1) is 11.4 Å². The van der Waals surface area contributed by atoms with E-state index in [1.165, 1.54) is 49.9 Å². The largest absolute Gasteiger partial charge is 0.486 e. The summed E-state index contributed by atoms with van der Waals surface area (Å²) in [6.07, 6.45) is 4.47. The molecule has 0 N–H and O–H groups in total. The van der Waals surface area contributed by atoms with Crippen LogP contribution in [0.5, 0.6) is 23.0 Å². The molecule has 436 valence electrons. The summed E-state index contributed by atoms with van der Waals surface area (Å²) in [6, 6.07) is 62.0. The highest BCUT2D eigenvalue weighted by atomic mass is 16.6. The number of nitrogens with zero attached hydrogens (tertiary/aromatic N) is 3. The van der Waals surface area contributed by atoms with Gasteiger partial charge in [-0.25, -0.2) is 0 Å². The monoisotopic (exact) mass is 1150 g/mol. The predicted octanol–water partition coefficient (Wildman–Crippen LogP) is 18.3. The van der Waals surface area contributed by atoms with Crippen molar-refractivity contribution >= 4 is 96.0 Å². The summed E-state index contributed by atoms with van der Waals surface area (Å²) >= 11 is 0. The van der Waals surface area contributed by atoms with Gasteiger partial charge in [0.15, 0.2) is 23.0 Å². The number of hydrogen-bond donors (Lipinski definition) is 0. The summed E-state index contributed by atoms with van der Waals surface area (Å²) in [4.78, 5) is 7.62. The fraction of sp³-hybridized carbons (Fsp3) is 0.308. The average Bonchev–Trinajstić information content (AvgIpc) is 0.936. The first-order valence-corrected chi connectivity index (χ1v) is 31.6. The van der Waals surface area contributed by atoms with Gasteiger partial charge in [-0.05, 0) is 199 Å². The summed E-state index contributed by atoms with van der Waals surface area (Å²) in [7, 11) is 0. The van der Waals surface area contributed by atoms with Crippen molar-refractivity contribution < 1.29 is 23.4 Å². The van der Waals surface area contributed by atoms with E-state index in [9.17, 15) is 0 Å². The molecular formula is C78H76BN3O5. The summed E-state index contributed by atoms with van der Waals surface area (Å²) < 4.78 is 32.3. The van der Waals surface area contributed by atoms with Crippen molar-refractivity contribution in [3.63, 3.8) is 0 Å². The number of anilines is 9. The van der Waals surface area contributed by atoms with E-state index in [2.05, 4.69) is 243 Å². The molecule has 0 saturated carbocycles. The third-order valence-corrected chi connectivity index (χ3v) is 20.6. The van der Waals surface area contributed by atoms with Crippen LogP contribution in [-0.2, 0) is 27.1 Å². The molecule has 8 nitrogen and oxygen atoms in total. The molecule has 0 amide bonds. The van der Waals surface area contributed by atoms with Crippen LogP contribution in [0.15, 0.2) is 168 Å². The molecule has 0 bridgehead atoms. The smallest absolute Gasteiger partial charge is 0.252 e. The average molecular weight is 1150 g/mol. The lowest BCUT2D eigenvalue weighted by atomic mass is 9.33. The summed E-state index contributed by atoms with van der Waals surface area (Å²) in [5.74, 6) is 3.86. The van der Waals surface area contributed by atoms with Crippen molar-refractivity contribution in [2.24, 2.45) is 0 Å². The van der Waals surface area contributed by atoms with E-state index >= 15 is 0 Å². The molecule has 0 fully saturated rings. The number of hydrogen-bond acceptors (Lipinski definition) is 8. The van der Waals surface area contributed by atoms with E-state index in [4.69, 9.17) is 23.4 Å². The Morgan fingerprint density at radius 1 is 0.414 bits per heavy atom. The first-order chi connectivity index (χ1) is 41.7. The molecule has 9 aromatic carbocycles. The van der Waals surface area contributed by atoms with E-state index < -0.39 is 0 Å². The Morgan fingerprint density at radius 2 is 0.954 bits per heavy atom. The van der Waals surface area contributed by atoms with Crippen LogP contribution < -0.4 is 50.0 Å². The van der Waals surface area contributed by atoms with Crippen molar-refractivity contribution in [2.45, 2.75) is 129 Å². The van der Waals surface area contributed by atoms with Gasteiger partial charge in [0.1, 0.15) is 37.8 Å². The zero-order valence-corrected chi connectivity index (χ0v) is 52.2. The van der Waals surface area contributed by atoms with Gasteiger partial charge >= 0.3 is 0 Å². The summed E-state index contributed by atoms with van der Waals surface area (Å²) in [5.41, 5.74) is 22.2. The quantitative estimate of drug-likeness (QED) is 0.153. The number of ether oxygens (including phenoxy) is 4. The highest BCUT2D eigenvalue weighted by Gasteiger charge is 2.48. The van der Waals surface area contributed by atoms with Gasteiger partial charge in [-0.2, -0.15) is 0 Å². The number of rotatable bonds is 6. The summed E-state index contributed by atoms with van der Waals surface area (Å²) in [6.45, 7) is 28.3. The zero-order valence-electron chi connectivity index (χ0n) is 52.2. The Balaban J connectivity index is 1.01. The number of furan rings is 1. The molecule has 2 aliphatic carbocycles. The van der Waals surface area contributed by atoms with Crippen LogP contribution in [0.1, 0.15) is 130 Å². The molecule has 1 aromatic heterocycles. The van der Waals surface area contributed by atoms with Gasteiger partial charge in [-0.15, -0.1) is 0 Å². The van der Waals surface area contributed by atoms with E-state index in [0.29, 0.717) is 26.4 Å². The number of benzene rings is 9. The molecule has 0 unspecified atom stereocenters. The predicted molar refractivity (Wildman–Crippen MR) is 359 cm³/mol. The zero-order chi connectivity index (χ0) is 59.7. The highest BCUT2D eigenvalue weighted by molar-refractivity contribution is 7.00.